The molecule has 2 saturated carbocycles. The number of rotatable bonds is 2. The lowest BCUT2D eigenvalue weighted by Gasteiger charge is -2.52. The minimum atomic E-state index is 0.0150. The number of nitrogens with zero attached hydrogens (tertiary/aromatic N) is 2. The van der Waals surface area contributed by atoms with Gasteiger partial charge in [-0.2, -0.15) is 0 Å². The molecule has 286 valence electrons. The van der Waals surface area contributed by atoms with Crippen molar-refractivity contribution in [3.05, 3.63) is 155 Å². The third-order valence-corrected chi connectivity index (χ3v) is 15.1. The third kappa shape index (κ3) is 5.80. The maximum atomic E-state index is 4.95. The first kappa shape index (κ1) is 36.3. The zero-order chi connectivity index (χ0) is 39.1. The minimum absolute atomic E-state index is 0.0150. The van der Waals surface area contributed by atoms with Crippen LogP contribution < -0.4 is 0 Å². The second-order valence-corrected chi connectivity index (χ2v) is 18.7. The van der Waals surface area contributed by atoms with Crippen LogP contribution in [0.5, 0.6) is 0 Å². The Labute approximate surface area is 339 Å². The van der Waals surface area contributed by atoms with Crippen LogP contribution in [0.15, 0.2) is 122 Å². The Morgan fingerprint density at radius 2 is 0.930 bits per heavy atom. The number of benzene rings is 5. The van der Waals surface area contributed by atoms with E-state index in [4.69, 9.17) is 4.98 Å². The van der Waals surface area contributed by atoms with Gasteiger partial charge in [-0.15, -0.1) is 0 Å². The lowest BCUT2D eigenvalue weighted by atomic mass is 9.52. The second-order valence-electron chi connectivity index (χ2n) is 18.7. The average Bonchev–Trinajstić information content (AvgIpc) is 3.50. The number of pyridine rings is 2. The molecule has 7 aliphatic carbocycles. The predicted molar refractivity (Wildman–Crippen MR) is 240 cm³/mol. The SMILES string of the molecule is CC.CC12CCC(C)(CC1)c1cc3cc(-c4ccc5c(c4)C(C)(C)c4ccccc4-5)ncc3cc12.c1ccc(-c2cc3cc4c(cc3cn2)C2CCC4CC2)cc1. The maximum absolute atomic E-state index is 4.95. The van der Waals surface area contributed by atoms with Gasteiger partial charge in [-0.3, -0.25) is 9.97 Å². The molecular formula is C55H56N2. The number of hydrogen-bond donors (Lipinski definition) is 0. The summed E-state index contributed by atoms with van der Waals surface area (Å²) in [5.74, 6) is 1.61. The summed E-state index contributed by atoms with van der Waals surface area (Å²) in [6, 6.07) is 40.7. The van der Waals surface area contributed by atoms with Crippen LogP contribution in [0, 0.1) is 0 Å². The summed E-state index contributed by atoms with van der Waals surface area (Å²) in [5.41, 5.74) is 17.3. The number of fused-ring (bicyclic) bond motifs is 9. The summed E-state index contributed by atoms with van der Waals surface area (Å²) in [5, 5.41) is 5.26. The van der Waals surface area contributed by atoms with Crippen LogP contribution in [0.3, 0.4) is 0 Å². The Hall–Kier alpha value is -5.08. The zero-order valence-electron chi connectivity index (χ0n) is 34.8. The third-order valence-electron chi connectivity index (χ3n) is 15.1. The quantitative estimate of drug-likeness (QED) is 0.176. The molecule has 57 heavy (non-hydrogen) atoms. The van der Waals surface area contributed by atoms with Gasteiger partial charge in [0, 0.05) is 39.7 Å². The van der Waals surface area contributed by atoms with Crippen LogP contribution in [-0.2, 0) is 16.2 Å². The maximum Gasteiger partial charge on any atom is 0.0708 e. The molecule has 0 atom stereocenters. The molecule has 0 spiro atoms. The summed E-state index contributed by atoms with van der Waals surface area (Å²) in [6.07, 6.45) is 15.0. The fourth-order valence-electron chi connectivity index (χ4n) is 11.5. The van der Waals surface area contributed by atoms with Crippen LogP contribution in [0.4, 0.5) is 0 Å². The molecule has 14 rings (SSSR count). The molecule has 2 nitrogen and oxygen atoms in total. The summed E-state index contributed by atoms with van der Waals surface area (Å²) in [7, 11) is 0. The summed E-state index contributed by atoms with van der Waals surface area (Å²) in [4.78, 5) is 9.64. The highest BCUT2D eigenvalue weighted by atomic mass is 14.7. The van der Waals surface area contributed by atoms with Gasteiger partial charge in [-0.25, -0.2) is 0 Å². The van der Waals surface area contributed by atoms with Crippen molar-refractivity contribution in [3.8, 4) is 33.6 Å². The standard InChI is InChI=1S/C32H31N.C21H19N.C2H6/c1-30(2)25-8-6-5-7-23(25)24-10-9-20(15-26(24)30)29-18-21-16-27-28(17-22(21)19-33-29)32(4)13-11-31(27,3)12-14-32;1-2-4-16(5-3-1)21-12-17-10-19-14-6-8-15(9-7-14)20(19)11-18(17)13-22-21;1-2/h5-10,15-19H,11-14H2,1-4H3;1-5,10-15H,6-9H2;1-2H3. The molecular weight excluding hydrogens is 689 g/mol. The minimum Gasteiger partial charge on any atom is -0.256 e. The van der Waals surface area contributed by atoms with Gasteiger partial charge in [0.05, 0.1) is 11.4 Å². The first-order valence-electron chi connectivity index (χ1n) is 21.9. The number of hydrogen-bond acceptors (Lipinski definition) is 2. The van der Waals surface area contributed by atoms with Crippen molar-refractivity contribution < 1.29 is 0 Å². The molecule has 0 unspecified atom stereocenters. The fraction of sp³-hybridized carbons (Fsp3) is 0.345. The highest BCUT2D eigenvalue weighted by Gasteiger charge is 2.47. The normalized spacial score (nSPS) is 24.0. The lowest BCUT2D eigenvalue weighted by molar-refractivity contribution is 0.188. The molecule has 0 N–H and O–H groups in total. The topological polar surface area (TPSA) is 25.8 Å². The van der Waals surface area contributed by atoms with E-state index in [1.54, 1.807) is 22.3 Å². The summed E-state index contributed by atoms with van der Waals surface area (Å²) < 4.78 is 0. The molecule has 4 bridgehead atoms. The van der Waals surface area contributed by atoms with Gasteiger partial charge in [0.25, 0.3) is 0 Å². The molecule has 0 saturated heterocycles. The van der Waals surface area contributed by atoms with Crippen LogP contribution in [0.2, 0.25) is 0 Å². The van der Waals surface area contributed by atoms with Crippen LogP contribution >= 0.6 is 0 Å². The molecule has 0 radical (unpaired) electrons. The average molecular weight is 745 g/mol. The molecule has 2 aromatic heterocycles. The van der Waals surface area contributed by atoms with Gasteiger partial charge in [0.1, 0.15) is 0 Å². The van der Waals surface area contributed by atoms with Gasteiger partial charge in [0.15, 0.2) is 0 Å². The Kier molecular flexibility index (Phi) is 8.60. The van der Waals surface area contributed by atoms with Crippen molar-refractivity contribution in [2.45, 2.75) is 121 Å². The van der Waals surface area contributed by atoms with Gasteiger partial charge in [-0.1, -0.05) is 120 Å². The van der Waals surface area contributed by atoms with Gasteiger partial charge < -0.3 is 0 Å². The van der Waals surface area contributed by atoms with Crippen LogP contribution in [0.25, 0.3) is 55.2 Å². The van der Waals surface area contributed by atoms with Crippen molar-refractivity contribution in [2.24, 2.45) is 0 Å². The highest BCUT2D eigenvalue weighted by Crippen LogP contribution is 2.57. The Morgan fingerprint density at radius 1 is 0.439 bits per heavy atom. The fourth-order valence-corrected chi connectivity index (χ4v) is 11.5. The zero-order valence-corrected chi connectivity index (χ0v) is 34.8. The Bertz CT molecular complexity index is 2670. The first-order valence-corrected chi connectivity index (χ1v) is 21.9. The molecule has 2 heteroatoms. The van der Waals surface area contributed by atoms with E-state index in [9.17, 15) is 0 Å². The molecule has 7 aromatic rings. The highest BCUT2D eigenvalue weighted by molar-refractivity contribution is 5.90. The first-order chi connectivity index (χ1) is 27.7. The summed E-state index contributed by atoms with van der Waals surface area (Å²) in [6.45, 7) is 13.6. The largest absolute Gasteiger partial charge is 0.256 e. The van der Waals surface area contributed by atoms with Crippen molar-refractivity contribution >= 4 is 21.5 Å². The Balaban J connectivity index is 0.000000143. The number of aromatic nitrogens is 2. The molecule has 5 aromatic carbocycles. The molecule has 7 aliphatic rings. The monoisotopic (exact) mass is 744 g/mol. The summed E-state index contributed by atoms with van der Waals surface area (Å²) >= 11 is 0. The van der Waals surface area contributed by atoms with Gasteiger partial charge >= 0.3 is 0 Å². The van der Waals surface area contributed by atoms with Crippen LogP contribution in [-0.4, -0.2) is 9.97 Å². The van der Waals surface area contributed by atoms with Crippen LogP contribution in [0.1, 0.15) is 138 Å². The van der Waals surface area contributed by atoms with Gasteiger partial charge in [0.2, 0.25) is 0 Å². The molecule has 2 heterocycles. The van der Waals surface area contributed by atoms with E-state index in [0.717, 1.165) is 23.2 Å². The van der Waals surface area contributed by atoms with Crippen molar-refractivity contribution in [2.75, 3.05) is 0 Å². The molecule has 0 amide bonds. The van der Waals surface area contributed by atoms with E-state index in [2.05, 4.69) is 154 Å². The van der Waals surface area contributed by atoms with Gasteiger partial charge in [-0.05, 0) is 160 Å². The van der Waals surface area contributed by atoms with E-state index < -0.39 is 0 Å². The predicted octanol–water partition coefficient (Wildman–Crippen LogP) is 15.0. The van der Waals surface area contributed by atoms with E-state index in [-0.39, 0.29) is 5.41 Å². The smallest absolute Gasteiger partial charge is 0.0708 e. The molecule has 0 aliphatic heterocycles. The Morgan fingerprint density at radius 3 is 1.56 bits per heavy atom. The van der Waals surface area contributed by atoms with Crippen molar-refractivity contribution in [1.82, 2.24) is 9.97 Å². The second kappa shape index (κ2) is 13.5. The van der Waals surface area contributed by atoms with E-state index in [1.807, 2.05) is 13.8 Å². The van der Waals surface area contributed by atoms with E-state index >= 15 is 0 Å². The van der Waals surface area contributed by atoms with E-state index in [0.29, 0.717) is 10.8 Å². The lowest BCUT2D eigenvalue weighted by Crippen LogP contribution is -2.44. The van der Waals surface area contributed by atoms with Crippen molar-refractivity contribution in [1.29, 1.82) is 0 Å². The molecule has 2 fully saturated rings. The van der Waals surface area contributed by atoms with E-state index in [1.165, 1.54) is 106 Å². The van der Waals surface area contributed by atoms with Crippen molar-refractivity contribution in [3.63, 3.8) is 0 Å².